The second-order valence-electron chi connectivity index (χ2n) is 5.87. The second-order valence-corrected chi connectivity index (χ2v) is 8.03. The molecule has 2 aliphatic rings. The number of hydrogen-bond acceptors (Lipinski definition) is 4. The van der Waals surface area contributed by atoms with Crippen molar-refractivity contribution in [2.75, 3.05) is 29.5 Å². The van der Waals surface area contributed by atoms with Crippen LogP contribution in [0.15, 0.2) is 24.3 Å². The number of hydrogen-bond donors (Lipinski definition) is 0. The van der Waals surface area contributed by atoms with Gasteiger partial charge < -0.3 is 4.90 Å². The van der Waals surface area contributed by atoms with Crippen molar-refractivity contribution < 1.29 is 13.2 Å². The number of nitrogens with zero attached hydrogens (tertiary/aromatic N) is 2. The maximum absolute atomic E-state index is 12.5. The van der Waals surface area contributed by atoms with Gasteiger partial charge in [-0.25, -0.2) is 8.42 Å². The van der Waals surface area contributed by atoms with Crippen LogP contribution < -0.4 is 4.90 Å². The van der Waals surface area contributed by atoms with Gasteiger partial charge >= 0.3 is 0 Å². The lowest BCUT2D eigenvalue weighted by atomic mass is 10.0. The zero-order valence-electron chi connectivity index (χ0n) is 12.3. The molecule has 0 N–H and O–H groups in total. The number of fused-ring (bicyclic) bond motifs is 1. The van der Waals surface area contributed by atoms with Crippen molar-refractivity contribution in [3.8, 4) is 0 Å². The van der Waals surface area contributed by atoms with Gasteiger partial charge in [0.2, 0.25) is 5.91 Å². The molecule has 114 valence electrons. The van der Waals surface area contributed by atoms with Crippen LogP contribution in [0.1, 0.15) is 12.5 Å². The van der Waals surface area contributed by atoms with Crippen LogP contribution in [0.3, 0.4) is 0 Å². The summed E-state index contributed by atoms with van der Waals surface area (Å²) in [6.45, 7) is 4.95. The van der Waals surface area contributed by atoms with Crippen molar-refractivity contribution in [1.29, 1.82) is 0 Å². The molecule has 0 aromatic heterocycles. The van der Waals surface area contributed by atoms with E-state index in [0.29, 0.717) is 13.1 Å². The third-order valence-corrected chi connectivity index (χ3v) is 6.12. The first-order valence-corrected chi connectivity index (χ1v) is 9.06. The number of carbonyl (C=O) groups excluding carboxylic acids is 1. The predicted molar refractivity (Wildman–Crippen MR) is 82.1 cm³/mol. The van der Waals surface area contributed by atoms with Gasteiger partial charge in [0, 0.05) is 11.7 Å². The Bertz CT molecular complexity index is 654. The minimum atomic E-state index is -3.08. The fourth-order valence-corrected chi connectivity index (χ4v) is 5.33. The Morgan fingerprint density at radius 2 is 1.76 bits per heavy atom. The van der Waals surface area contributed by atoms with Gasteiger partial charge in [-0.2, -0.15) is 0 Å². The molecule has 0 bridgehead atoms. The van der Waals surface area contributed by atoms with Crippen molar-refractivity contribution in [1.82, 2.24) is 4.90 Å². The third-order valence-electron chi connectivity index (χ3n) is 4.42. The van der Waals surface area contributed by atoms with E-state index in [9.17, 15) is 13.2 Å². The van der Waals surface area contributed by atoms with Gasteiger partial charge in [0.15, 0.2) is 9.84 Å². The summed E-state index contributed by atoms with van der Waals surface area (Å²) in [7, 11) is -3.08. The lowest BCUT2D eigenvalue weighted by molar-refractivity contribution is -0.123. The Morgan fingerprint density at radius 1 is 1.14 bits per heavy atom. The molecule has 2 fully saturated rings. The highest BCUT2D eigenvalue weighted by atomic mass is 32.2. The number of carbonyl (C=O) groups is 1. The van der Waals surface area contributed by atoms with E-state index in [4.69, 9.17) is 0 Å². The van der Waals surface area contributed by atoms with Crippen LogP contribution in [0.25, 0.3) is 0 Å². The Labute approximate surface area is 125 Å². The number of amides is 1. The second kappa shape index (κ2) is 5.10. The molecule has 5 nitrogen and oxygen atoms in total. The Morgan fingerprint density at radius 3 is 2.38 bits per heavy atom. The van der Waals surface area contributed by atoms with Crippen LogP contribution in [0.2, 0.25) is 0 Å². The highest BCUT2D eigenvalue weighted by Crippen LogP contribution is 2.31. The maximum Gasteiger partial charge on any atom is 0.241 e. The van der Waals surface area contributed by atoms with Gasteiger partial charge in [0.25, 0.3) is 0 Å². The quantitative estimate of drug-likeness (QED) is 0.812. The molecular weight excluding hydrogens is 288 g/mol. The van der Waals surface area contributed by atoms with E-state index in [1.54, 1.807) is 4.90 Å². The molecule has 0 aliphatic carbocycles. The number of piperazine rings is 1. The molecule has 1 aromatic rings. The standard InChI is InChI=1S/C15H20N2O3S/c1-3-16-8-15(18)17(12-6-4-11(2)5-7-12)14-10-21(19,20)9-13(14)16/h4-7,13-14H,3,8-10H2,1-2H3/t13-,14+/m0/s1. The molecule has 2 atom stereocenters. The van der Waals surface area contributed by atoms with Crippen LogP contribution in [-0.2, 0) is 14.6 Å². The highest BCUT2D eigenvalue weighted by molar-refractivity contribution is 7.91. The van der Waals surface area contributed by atoms with Gasteiger partial charge in [-0.15, -0.1) is 0 Å². The van der Waals surface area contributed by atoms with Gasteiger partial charge in [-0.1, -0.05) is 24.6 Å². The van der Waals surface area contributed by atoms with Crippen LogP contribution in [0.5, 0.6) is 0 Å². The zero-order valence-corrected chi connectivity index (χ0v) is 13.1. The molecule has 3 rings (SSSR count). The van der Waals surface area contributed by atoms with E-state index >= 15 is 0 Å². The number of aryl methyl sites for hydroxylation is 1. The van der Waals surface area contributed by atoms with Crippen LogP contribution in [0, 0.1) is 6.92 Å². The summed E-state index contributed by atoms with van der Waals surface area (Å²) in [6.07, 6.45) is 0. The fourth-order valence-electron chi connectivity index (χ4n) is 3.35. The molecule has 1 amide bonds. The molecule has 0 unspecified atom stereocenters. The van der Waals surface area contributed by atoms with E-state index in [-0.39, 0.29) is 29.5 Å². The molecule has 6 heteroatoms. The third kappa shape index (κ3) is 2.58. The summed E-state index contributed by atoms with van der Waals surface area (Å²) in [6, 6.07) is 7.35. The van der Waals surface area contributed by atoms with E-state index in [1.807, 2.05) is 43.0 Å². The topological polar surface area (TPSA) is 57.7 Å². The monoisotopic (exact) mass is 308 g/mol. The molecule has 21 heavy (non-hydrogen) atoms. The van der Waals surface area contributed by atoms with Gasteiger partial charge in [0.05, 0.1) is 24.1 Å². The van der Waals surface area contributed by atoms with Crippen molar-refractivity contribution in [3.63, 3.8) is 0 Å². The first-order chi connectivity index (χ1) is 9.91. The summed E-state index contributed by atoms with van der Waals surface area (Å²) in [5.41, 5.74) is 1.92. The highest BCUT2D eigenvalue weighted by Gasteiger charge is 2.49. The minimum absolute atomic E-state index is 0.0148. The molecular formula is C15H20N2O3S. The summed E-state index contributed by atoms with van der Waals surface area (Å²) in [5, 5.41) is 0. The maximum atomic E-state index is 12.5. The van der Waals surface area contributed by atoms with Crippen molar-refractivity contribution in [2.45, 2.75) is 25.9 Å². The average Bonchev–Trinajstić information content (AvgIpc) is 2.74. The number of rotatable bonds is 2. The normalized spacial score (nSPS) is 28.7. The minimum Gasteiger partial charge on any atom is -0.306 e. The molecule has 1 aromatic carbocycles. The summed E-state index contributed by atoms with van der Waals surface area (Å²) in [5.74, 6) is 0.202. The Balaban J connectivity index is 2.00. The smallest absolute Gasteiger partial charge is 0.241 e. The van der Waals surface area contributed by atoms with Gasteiger partial charge in [0.1, 0.15) is 0 Å². The van der Waals surface area contributed by atoms with Gasteiger partial charge in [-0.3, -0.25) is 9.69 Å². The Hall–Kier alpha value is -1.40. The molecule has 0 saturated carbocycles. The SMILES string of the molecule is CCN1CC(=O)N(c2ccc(C)cc2)[C@@H]2CS(=O)(=O)C[C@@H]21. The lowest BCUT2D eigenvalue weighted by Gasteiger charge is -2.43. The van der Waals surface area contributed by atoms with Crippen molar-refractivity contribution >= 4 is 21.4 Å². The number of likely N-dealkylation sites (N-methyl/N-ethyl adjacent to an activating group) is 1. The van der Waals surface area contributed by atoms with Crippen molar-refractivity contribution in [3.05, 3.63) is 29.8 Å². The van der Waals surface area contributed by atoms with Crippen LogP contribution in [-0.4, -0.2) is 55.9 Å². The van der Waals surface area contributed by atoms with Gasteiger partial charge in [-0.05, 0) is 25.6 Å². The first-order valence-electron chi connectivity index (χ1n) is 7.24. The Kier molecular flexibility index (Phi) is 3.53. The van der Waals surface area contributed by atoms with E-state index < -0.39 is 9.84 Å². The van der Waals surface area contributed by atoms with Crippen LogP contribution >= 0.6 is 0 Å². The molecule has 0 radical (unpaired) electrons. The number of anilines is 1. The summed E-state index contributed by atoms with van der Waals surface area (Å²) < 4.78 is 24.1. The lowest BCUT2D eigenvalue weighted by Crippen LogP contribution is -2.62. The predicted octanol–water partition coefficient (Wildman–Crippen LogP) is 0.829. The average molecular weight is 308 g/mol. The fraction of sp³-hybridized carbons (Fsp3) is 0.533. The van der Waals surface area contributed by atoms with Crippen molar-refractivity contribution in [2.24, 2.45) is 0 Å². The number of benzene rings is 1. The largest absolute Gasteiger partial charge is 0.306 e. The van der Waals surface area contributed by atoms with E-state index in [1.165, 1.54) is 0 Å². The zero-order chi connectivity index (χ0) is 15.2. The first kappa shape index (κ1) is 14.5. The summed E-state index contributed by atoms with van der Waals surface area (Å²) in [4.78, 5) is 16.2. The molecule has 2 saturated heterocycles. The molecule has 0 spiro atoms. The number of sulfone groups is 1. The van der Waals surface area contributed by atoms with E-state index in [0.717, 1.165) is 11.3 Å². The van der Waals surface area contributed by atoms with Crippen LogP contribution in [0.4, 0.5) is 5.69 Å². The van der Waals surface area contributed by atoms with E-state index in [2.05, 4.69) is 0 Å². The molecule has 2 heterocycles. The molecule has 2 aliphatic heterocycles. The summed E-state index contributed by atoms with van der Waals surface area (Å²) >= 11 is 0.